The van der Waals surface area contributed by atoms with Crippen molar-refractivity contribution >= 4 is 11.3 Å². The maximum atomic E-state index is 5.29. The Kier molecular flexibility index (Phi) is 4.17. The zero-order valence-corrected chi connectivity index (χ0v) is 11.5. The molecule has 0 amide bonds. The number of nitrogens with one attached hydrogen (secondary N) is 1. The zero-order valence-electron chi connectivity index (χ0n) is 10.7. The van der Waals surface area contributed by atoms with Gasteiger partial charge in [0.15, 0.2) is 11.5 Å². The Balaban J connectivity index is 2.31. The van der Waals surface area contributed by atoms with Gasteiger partial charge < -0.3 is 14.8 Å². The lowest BCUT2D eigenvalue weighted by Gasteiger charge is -2.08. The van der Waals surface area contributed by atoms with E-state index in [1.165, 1.54) is 0 Å². The minimum Gasteiger partial charge on any atom is -0.493 e. The van der Waals surface area contributed by atoms with Gasteiger partial charge in [-0.05, 0) is 25.2 Å². The van der Waals surface area contributed by atoms with E-state index in [4.69, 9.17) is 9.47 Å². The molecule has 0 aliphatic carbocycles. The Morgan fingerprint density at radius 3 is 2.67 bits per heavy atom. The highest BCUT2D eigenvalue weighted by atomic mass is 32.1. The minimum absolute atomic E-state index is 0.721. The van der Waals surface area contributed by atoms with E-state index >= 15 is 0 Å². The van der Waals surface area contributed by atoms with Gasteiger partial charge in [0.05, 0.1) is 19.9 Å². The number of rotatable bonds is 5. The van der Waals surface area contributed by atoms with Crippen LogP contribution in [0.25, 0.3) is 11.3 Å². The summed E-state index contributed by atoms with van der Waals surface area (Å²) in [5.74, 6) is 1.45. The molecule has 0 atom stereocenters. The van der Waals surface area contributed by atoms with E-state index in [2.05, 4.69) is 10.3 Å². The fourth-order valence-electron chi connectivity index (χ4n) is 1.67. The second-order valence-corrected chi connectivity index (χ2v) is 4.67. The Labute approximate surface area is 111 Å². The second kappa shape index (κ2) is 5.84. The third-order valence-electron chi connectivity index (χ3n) is 2.56. The van der Waals surface area contributed by atoms with E-state index < -0.39 is 0 Å². The lowest BCUT2D eigenvalue weighted by atomic mass is 10.1. The molecule has 1 aromatic heterocycles. The molecule has 0 aliphatic rings. The molecule has 0 bridgehead atoms. The first kappa shape index (κ1) is 12.9. The van der Waals surface area contributed by atoms with Gasteiger partial charge in [-0.3, -0.25) is 0 Å². The van der Waals surface area contributed by atoms with Crippen LogP contribution in [0.15, 0.2) is 23.6 Å². The largest absolute Gasteiger partial charge is 0.493 e. The second-order valence-electron chi connectivity index (χ2n) is 3.73. The van der Waals surface area contributed by atoms with Crippen molar-refractivity contribution in [2.45, 2.75) is 6.54 Å². The van der Waals surface area contributed by atoms with E-state index in [1.54, 1.807) is 25.6 Å². The predicted octanol–water partition coefficient (Wildman–Crippen LogP) is 2.55. The molecule has 4 nitrogen and oxygen atoms in total. The quantitative estimate of drug-likeness (QED) is 0.901. The molecule has 0 saturated carbocycles. The van der Waals surface area contributed by atoms with E-state index in [-0.39, 0.29) is 0 Å². The summed E-state index contributed by atoms with van der Waals surface area (Å²) in [5, 5.41) is 6.21. The summed E-state index contributed by atoms with van der Waals surface area (Å²) in [6.07, 6.45) is 0. The average molecular weight is 264 g/mol. The van der Waals surface area contributed by atoms with Crippen LogP contribution in [-0.2, 0) is 6.54 Å². The summed E-state index contributed by atoms with van der Waals surface area (Å²) >= 11 is 1.65. The summed E-state index contributed by atoms with van der Waals surface area (Å²) in [7, 11) is 5.18. The van der Waals surface area contributed by atoms with Crippen molar-refractivity contribution in [2.75, 3.05) is 21.3 Å². The number of nitrogens with zero attached hydrogens (tertiary/aromatic N) is 1. The molecule has 2 aromatic rings. The molecule has 0 fully saturated rings. The molecule has 5 heteroatoms. The lowest BCUT2D eigenvalue weighted by molar-refractivity contribution is 0.355. The molecule has 0 saturated heterocycles. The number of thiazole rings is 1. The minimum atomic E-state index is 0.721. The normalized spacial score (nSPS) is 10.4. The first-order valence-electron chi connectivity index (χ1n) is 5.60. The highest BCUT2D eigenvalue weighted by Crippen LogP contribution is 2.32. The molecular weight excluding hydrogens is 248 g/mol. The van der Waals surface area contributed by atoms with Gasteiger partial charge in [-0.1, -0.05) is 0 Å². The molecule has 1 heterocycles. The van der Waals surface area contributed by atoms with Gasteiger partial charge in [0, 0.05) is 17.5 Å². The lowest BCUT2D eigenvalue weighted by Crippen LogP contribution is -2.04. The Hall–Kier alpha value is -1.59. The first-order chi connectivity index (χ1) is 8.78. The topological polar surface area (TPSA) is 43.4 Å². The maximum absolute atomic E-state index is 5.29. The van der Waals surface area contributed by atoms with Crippen LogP contribution in [0, 0.1) is 0 Å². The van der Waals surface area contributed by atoms with Crippen LogP contribution in [0.1, 0.15) is 5.01 Å². The van der Waals surface area contributed by atoms with Crippen molar-refractivity contribution < 1.29 is 9.47 Å². The molecule has 1 N–H and O–H groups in total. The standard InChI is InChI=1S/C13H16N2O2S/c1-14-7-13-15-10(8-18-13)9-4-5-11(16-2)12(6-9)17-3/h4-6,8,14H,7H2,1-3H3. The van der Waals surface area contributed by atoms with Crippen molar-refractivity contribution in [3.05, 3.63) is 28.6 Å². The van der Waals surface area contributed by atoms with E-state index in [0.717, 1.165) is 34.3 Å². The van der Waals surface area contributed by atoms with Gasteiger partial charge in [-0.15, -0.1) is 11.3 Å². The number of aromatic nitrogens is 1. The summed E-state index contributed by atoms with van der Waals surface area (Å²) in [6.45, 7) is 0.790. The van der Waals surface area contributed by atoms with Crippen LogP contribution in [-0.4, -0.2) is 26.3 Å². The number of ether oxygens (including phenoxy) is 2. The van der Waals surface area contributed by atoms with Crippen LogP contribution < -0.4 is 14.8 Å². The summed E-state index contributed by atoms with van der Waals surface area (Å²) < 4.78 is 10.5. The fraction of sp³-hybridized carbons (Fsp3) is 0.308. The molecule has 18 heavy (non-hydrogen) atoms. The Morgan fingerprint density at radius 2 is 2.00 bits per heavy atom. The molecule has 96 valence electrons. The Morgan fingerprint density at radius 1 is 1.22 bits per heavy atom. The summed E-state index contributed by atoms with van der Waals surface area (Å²) in [6, 6.07) is 5.82. The fourth-order valence-corrected chi connectivity index (χ4v) is 2.49. The molecule has 0 aliphatic heterocycles. The van der Waals surface area contributed by atoms with Crippen molar-refractivity contribution in [2.24, 2.45) is 0 Å². The van der Waals surface area contributed by atoms with Crippen LogP contribution >= 0.6 is 11.3 Å². The van der Waals surface area contributed by atoms with Crippen LogP contribution in [0.3, 0.4) is 0 Å². The third kappa shape index (κ3) is 2.63. The van der Waals surface area contributed by atoms with Gasteiger partial charge in [-0.25, -0.2) is 4.98 Å². The zero-order chi connectivity index (χ0) is 13.0. The van der Waals surface area contributed by atoms with Crippen LogP contribution in [0.4, 0.5) is 0 Å². The molecule has 2 rings (SSSR count). The number of hydrogen-bond acceptors (Lipinski definition) is 5. The monoisotopic (exact) mass is 264 g/mol. The van der Waals surface area contributed by atoms with Gasteiger partial charge >= 0.3 is 0 Å². The summed E-state index contributed by atoms with van der Waals surface area (Å²) in [4.78, 5) is 4.56. The van der Waals surface area contributed by atoms with Crippen LogP contribution in [0.5, 0.6) is 11.5 Å². The molecule has 0 spiro atoms. The van der Waals surface area contributed by atoms with E-state index in [0.29, 0.717) is 0 Å². The molecular formula is C13H16N2O2S. The van der Waals surface area contributed by atoms with Crippen molar-refractivity contribution in [3.8, 4) is 22.8 Å². The predicted molar refractivity (Wildman–Crippen MR) is 73.4 cm³/mol. The molecule has 1 aromatic carbocycles. The van der Waals surface area contributed by atoms with Crippen LogP contribution in [0.2, 0.25) is 0 Å². The third-order valence-corrected chi connectivity index (χ3v) is 3.41. The maximum Gasteiger partial charge on any atom is 0.161 e. The Bertz CT molecular complexity index is 525. The average Bonchev–Trinajstić information content (AvgIpc) is 2.87. The summed E-state index contributed by atoms with van der Waals surface area (Å²) in [5.41, 5.74) is 2.00. The van der Waals surface area contributed by atoms with E-state index in [9.17, 15) is 0 Å². The number of benzene rings is 1. The van der Waals surface area contributed by atoms with Gasteiger partial charge in [0.1, 0.15) is 5.01 Å². The van der Waals surface area contributed by atoms with Gasteiger partial charge in [0.25, 0.3) is 0 Å². The van der Waals surface area contributed by atoms with E-state index in [1.807, 2.05) is 30.6 Å². The highest BCUT2D eigenvalue weighted by Gasteiger charge is 2.08. The van der Waals surface area contributed by atoms with Crippen molar-refractivity contribution in [3.63, 3.8) is 0 Å². The highest BCUT2D eigenvalue weighted by molar-refractivity contribution is 7.09. The van der Waals surface area contributed by atoms with Crippen molar-refractivity contribution in [1.82, 2.24) is 10.3 Å². The smallest absolute Gasteiger partial charge is 0.161 e. The van der Waals surface area contributed by atoms with Gasteiger partial charge in [-0.2, -0.15) is 0 Å². The van der Waals surface area contributed by atoms with Crippen molar-refractivity contribution in [1.29, 1.82) is 0 Å². The SMILES string of the molecule is CNCc1nc(-c2ccc(OC)c(OC)c2)cs1. The molecule has 0 radical (unpaired) electrons. The molecule has 0 unspecified atom stereocenters. The van der Waals surface area contributed by atoms with Gasteiger partial charge in [0.2, 0.25) is 0 Å². The number of hydrogen-bond donors (Lipinski definition) is 1. The first-order valence-corrected chi connectivity index (χ1v) is 6.48. The number of methoxy groups -OCH3 is 2.